The van der Waals surface area contributed by atoms with Crippen LogP contribution in [0.15, 0.2) is 77.8 Å². The number of hydrogen-bond acceptors (Lipinski definition) is 2. The fourth-order valence-electron chi connectivity index (χ4n) is 2.96. The van der Waals surface area contributed by atoms with E-state index in [1.165, 1.54) is 0 Å². The number of nitrogens with zero attached hydrogens (tertiary/aromatic N) is 1. The Hall–Kier alpha value is -4.08. The molecular formula is C25H16N2O. The molecule has 0 unspecified atom stereocenters. The van der Waals surface area contributed by atoms with E-state index in [0.717, 1.165) is 22.3 Å². The maximum Gasteiger partial charge on any atom is 0.230 e. The number of benzene rings is 3. The lowest BCUT2D eigenvalue weighted by Crippen LogP contribution is -2.15. The molecule has 3 heteroatoms. The Kier molecular flexibility index (Phi) is 4.74. The van der Waals surface area contributed by atoms with Crippen molar-refractivity contribution in [1.29, 1.82) is 0 Å². The molecule has 28 heavy (non-hydrogen) atoms. The van der Waals surface area contributed by atoms with Crippen molar-refractivity contribution >= 4 is 23.0 Å². The molecule has 0 aliphatic carbocycles. The van der Waals surface area contributed by atoms with Gasteiger partial charge in [-0.3, -0.25) is 9.79 Å². The Morgan fingerprint density at radius 1 is 0.857 bits per heavy atom. The highest BCUT2D eigenvalue weighted by Crippen LogP contribution is 2.30. The van der Waals surface area contributed by atoms with Gasteiger partial charge in [0.15, 0.2) is 0 Å². The molecule has 0 saturated carbocycles. The van der Waals surface area contributed by atoms with Gasteiger partial charge in [-0.1, -0.05) is 48.1 Å². The predicted molar refractivity (Wildman–Crippen MR) is 113 cm³/mol. The highest BCUT2D eigenvalue weighted by Gasteiger charge is 2.17. The van der Waals surface area contributed by atoms with Gasteiger partial charge in [-0.2, -0.15) is 0 Å². The topological polar surface area (TPSA) is 41.5 Å². The Labute approximate surface area is 164 Å². The molecule has 0 saturated heterocycles. The molecule has 1 amide bonds. The molecule has 3 aromatic rings. The summed E-state index contributed by atoms with van der Waals surface area (Å²) in [5.41, 5.74) is 5.43. The van der Waals surface area contributed by atoms with E-state index in [2.05, 4.69) is 23.1 Å². The minimum Gasteiger partial charge on any atom is -0.324 e. The largest absolute Gasteiger partial charge is 0.324 e. The first-order valence-electron chi connectivity index (χ1n) is 8.87. The summed E-state index contributed by atoms with van der Waals surface area (Å²) in [6, 6.07) is 22.9. The number of rotatable bonds is 1. The zero-order valence-electron chi connectivity index (χ0n) is 15.1. The molecule has 1 aliphatic heterocycles. The molecule has 3 nitrogen and oxygen atoms in total. The van der Waals surface area contributed by atoms with Crippen molar-refractivity contribution in [2.75, 3.05) is 5.32 Å². The number of carbonyl (C=O) groups is 1. The van der Waals surface area contributed by atoms with Crippen LogP contribution < -0.4 is 5.32 Å². The van der Waals surface area contributed by atoms with Crippen LogP contribution in [0.2, 0.25) is 0 Å². The summed E-state index contributed by atoms with van der Waals surface area (Å²) in [6.07, 6.45) is 5.68. The zero-order valence-corrected chi connectivity index (χ0v) is 15.1. The molecule has 0 aromatic heterocycles. The summed E-state index contributed by atoms with van der Waals surface area (Å²) in [6.45, 7) is 0. The van der Waals surface area contributed by atoms with E-state index >= 15 is 0 Å². The first-order chi connectivity index (χ1) is 13.7. The lowest BCUT2D eigenvalue weighted by Gasteiger charge is -2.04. The number of aliphatic imine (C=N–C) groups is 1. The maximum absolute atomic E-state index is 12.4. The van der Waals surface area contributed by atoms with Crippen LogP contribution in [0.25, 0.3) is 0 Å². The van der Waals surface area contributed by atoms with Crippen molar-refractivity contribution < 1.29 is 4.79 Å². The van der Waals surface area contributed by atoms with Gasteiger partial charge in [0.1, 0.15) is 0 Å². The summed E-state index contributed by atoms with van der Waals surface area (Å²) in [5, 5.41) is 2.93. The quantitative estimate of drug-likeness (QED) is 0.637. The molecule has 1 aliphatic rings. The smallest absolute Gasteiger partial charge is 0.230 e. The van der Waals surface area contributed by atoms with Crippen LogP contribution in [-0.4, -0.2) is 11.6 Å². The molecule has 0 bridgehead atoms. The standard InChI is InChI=1S/C25H16N2O/c1-2-18-9-6-10-21(15-18)23-17-25(28)27-24-16-20(13-14-22(24)26-23)12-11-19-7-4-3-5-8-19/h1,3-10,13-16H,17H2,(H,27,28). The van der Waals surface area contributed by atoms with Crippen molar-refractivity contribution in [1.82, 2.24) is 0 Å². The monoisotopic (exact) mass is 360 g/mol. The number of hydrogen-bond donors (Lipinski definition) is 1. The van der Waals surface area contributed by atoms with E-state index in [9.17, 15) is 4.79 Å². The average molecular weight is 360 g/mol. The van der Waals surface area contributed by atoms with Gasteiger partial charge >= 0.3 is 0 Å². The van der Waals surface area contributed by atoms with Crippen molar-refractivity contribution in [3.8, 4) is 24.2 Å². The van der Waals surface area contributed by atoms with E-state index in [4.69, 9.17) is 11.4 Å². The highest BCUT2D eigenvalue weighted by molar-refractivity contribution is 6.17. The highest BCUT2D eigenvalue weighted by atomic mass is 16.1. The third-order valence-corrected chi connectivity index (χ3v) is 4.34. The molecule has 1 heterocycles. The molecule has 0 radical (unpaired) electrons. The number of nitrogens with one attached hydrogen (secondary N) is 1. The third kappa shape index (κ3) is 3.85. The molecule has 0 spiro atoms. The van der Waals surface area contributed by atoms with Gasteiger partial charge in [-0.15, -0.1) is 6.42 Å². The fourth-order valence-corrected chi connectivity index (χ4v) is 2.96. The Balaban J connectivity index is 1.70. The van der Waals surface area contributed by atoms with Gasteiger partial charge in [0, 0.05) is 16.7 Å². The molecule has 3 aromatic carbocycles. The summed E-state index contributed by atoms with van der Waals surface area (Å²) in [4.78, 5) is 17.1. The van der Waals surface area contributed by atoms with Gasteiger partial charge in [0.2, 0.25) is 5.91 Å². The van der Waals surface area contributed by atoms with E-state index in [1.54, 1.807) is 0 Å². The van der Waals surface area contributed by atoms with E-state index in [-0.39, 0.29) is 12.3 Å². The summed E-state index contributed by atoms with van der Waals surface area (Å²) in [7, 11) is 0. The van der Waals surface area contributed by atoms with E-state index in [0.29, 0.717) is 17.1 Å². The number of terminal acetylenes is 1. The minimum absolute atomic E-state index is 0.114. The summed E-state index contributed by atoms with van der Waals surface area (Å²) < 4.78 is 0. The second kappa shape index (κ2) is 7.66. The molecule has 0 atom stereocenters. The van der Waals surface area contributed by atoms with Gasteiger partial charge in [0.25, 0.3) is 0 Å². The Morgan fingerprint density at radius 2 is 1.64 bits per heavy atom. The molecule has 1 N–H and O–H groups in total. The number of amides is 1. The second-order valence-corrected chi connectivity index (χ2v) is 6.36. The van der Waals surface area contributed by atoms with E-state index < -0.39 is 0 Å². The maximum atomic E-state index is 12.4. The lowest BCUT2D eigenvalue weighted by molar-refractivity contribution is -0.115. The van der Waals surface area contributed by atoms with Crippen molar-refractivity contribution in [2.24, 2.45) is 4.99 Å². The number of anilines is 1. The molecule has 132 valence electrons. The Morgan fingerprint density at radius 3 is 2.46 bits per heavy atom. The van der Waals surface area contributed by atoms with Crippen molar-refractivity contribution in [3.05, 3.63) is 95.1 Å². The SMILES string of the molecule is C#Cc1cccc(C2=Nc3ccc(C#Cc4ccccc4)cc3NC(=O)C2)c1. The fraction of sp³-hybridized carbons (Fsp3) is 0.0400. The normalized spacial score (nSPS) is 12.4. The number of carbonyl (C=O) groups excluding carboxylic acids is 1. The van der Waals surface area contributed by atoms with Gasteiger partial charge in [0.05, 0.1) is 23.5 Å². The first kappa shape index (κ1) is 17.3. The minimum atomic E-state index is -0.114. The van der Waals surface area contributed by atoms with Crippen LogP contribution in [-0.2, 0) is 4.79 Å². The number of fused-ring (bicyclic) bond motifs is 1. The summed E-state index contributed by atoms with van der Waals surface area (Å²) >= 11 is 0. The third-order valence-electron chi connectivity index (χ3n) is 4.34. The Bertz CT molecular complexity index is 1190. The van der Waals surface area contributed by atoms with Crippen LogP contribution in [0, 0.1) is 24.2 Å². The van der Waals surface area contributed by atoms with Crippen molar-refractivity contribution in [2.45, 2.75) is 6.42 Å². The van der Waals surface area contributed by atoms with Gasteiger partial charge in [-0.25, -0.2) is 0 Å². The molecular weight excluding hydrogens is 344 g/mol. The first-order valence-corrected chi connectivity index (χ1v) is 8.87. The van der Waals surface area contributed by atoms with Crippen LogP contribution in [0.5, 0.6) is 0 Å². The average Bonchev–Trinajstić information content (AvgIpc) is 2.90. The summed E-state index contributed by atoms with van der Waals surface area (Å²) in [5.74, 6) is 8.76. The lowest BCUT2D eigenvalue weighted by atomic mass is 10.0. The van der Waals surface area contributed by atoms with Crippen LogP contribution in [0.1, 0.15) is 28.7 Å². The van der Waals surface area contributed by atoms with Crippen LogP contribution in [0.4, 0.5) is 11.4 Å². The predicted octanol–water partition coefficient (Wildman–Crippen LogP) is 4.53. The van der Waals surface area contributed by atoms with Crippen LogP contribution >= 0.6 is 0 Å². The van der Waals surface area contributed by atoms with E-state index in [1.807, 2.05) is 72.8 Å². The zero-order chi connectivity index (χ0) is 19.3. The molecule has 4 rings (SSSR count). The molecule has 0 fully saturated rings. The van der Waals surface area contributed by atoms with Gasteiger partial charge < -0.3 is 5.32 Å². The van der Waals surface area contributed by atoms with Crippen LogP contribution in [0.3, 0.4) is 0 Å². The second-order valence-electron chi connectivity index (χ2n) is 6.36. The van der Waals surface area contributed by atoms with Gasteiger partial charge in [-0.05, 0) is 48.0 Å². The van der Waals surface area contributed by atoms with Crippen molar-refractivity contribution in [3.63, 3.8) is 0 Å².